The Kier molecular flexibility index (Phi) is 5.59. The lowest BCUT2D eigenvalue weighted by atomic mass is 9.85. The van der Waals surface area contributed by atoms with E-state index in [9.17, 15) is 18.4 Å². The summed E-state index contributed by atoms with van der Waals surface area (Å²) in [5.41, 5.74) is 15.4. The van der Waals surface area contributed by atoms with Crippen LogP contribution in [0.25, 0.3) is 28.0 Å². The van der Waals surface area contributed by atoms with Gasteiger partial charge < -0.3 is 16.4 Å². The fourth-order valence-corrected chi connectivity index (χ4v) is 6.06. The van der Waals surface area contributed by atoms with Crippen LogP contribution in [0.2, 0.25) is 0 Å². The number of pyridine rings is 1. The Morgan fingerprint density at radius 3 is 2.37 bits per heavy atom. The Hall–Kier alpha value is -4.41. The zero-order valence-corrected chi connectivity index (χ0v) is 20.6. The van der Waals surface area contributed by atoms with Crippen molar-refractivity contribution in [3.63, 3.8) is 0 Å². The standard InChI is InChI=1S/C27H25F2N7O2/c1-13(37)23-24(15-8-17-4-5-18(9-15)35(17)27(31)38)34-26-20(12-33-36(26)25(23)30)14-2-7-22(32-11-14)19-6-3-16(28)10-21(19)29/h2-3,6-7,10-12,15,17-18H,4-5,8-9,30H2,1H3,(H2,31,38)/t15-,17+,18?/m1/s1. The number of carbonyl (C=O) groups is 2. The van der Waals surface area contributed by atoms with E-state index < -0.39 is 17.7 Å². The van der Waals surface area contributed by atoms with Crippen LogP contribution in [0.5, 0.6) is 0 Å². The van der Waals surface area contributed by atoms with Crippen molar-refractivity contribution in [3.05, 3.63) is 65.6 Å². The van der Waals surface area contributed by atoms with Crippen LogP contribution in [-0.4, -0.2) is 48.4 Å². The van der Waals surface area contributed by atoms with Gasteiger partial charge in [0, 0.05) is 47.0 Å². The lowest BCUT2D eigenvalue weighted by Gasteiger charge is -2.38. The Balaban J connectivity index is 1.41. The van der Waals surface area contributed by atoms with Gasteiger partial charge in [0.05, 0.1) is 23.1 Å². The molecule has 0 radical (unpaired) electrons. The summed E-state index contributed by atoms with van der Waals surface area (Å²) < 4.78 is 29.0. The number of rotatable bonds is 4. The second-order valence-electron chi connectivity index (χ2n) is 9.96. The minimum Gasteiger partial charge on any atom is -0.383 e. The maximum atomic E-state index is 14.2. The average molecular weight is 518 g/mol. The average Bonchev–Trinajstić information content (AvgIpc) is 3.42. The van der Waals surface area contributed by atoms with Gasteiger partial charge in [0.25, 0.3) is 0 Å². The van der Waals surface area contributed by atoms with Crippen LogP contribution >= 0.6 is 0 Å². The lowest BCUT2D eigenvalue weighted by molar-refractivity contribution is 0.101. The maximum absolute atomic E-state index is 14.2. The third-order valence-corrected chi connectivity index (χ3v) is 7.72. The molecular formula is C27H25F2N7O2. The van der Waals surface area contributed by atoms with Crippen LogP contribution in [0, 0.1) is 11.6 Å². The summed E-state index contributed by atoms with van der Waals surface area (Å²) in [7, 11) is 0. The molecule has 194 valence electrons. The number of nitrogens with zero attached hydrogens (tertiary/aromatic N) is 5. The number of halogens is 2. The summed E-state index contributed by atoms with van der Waals surface area (Å²) in [4.78, 5) is 35.7. The molecule has 6 rings (SSSR count). The van der Waals surface area contributed by atoms with Crippen LogP contribution in [0.1, 0.15) is 54.6 Å². The smallest absolute Gasteiger partial charge is 0.315 e. The largest absolute Gasteiger partial charge is 0.383 e. The lowest BCUT2D eigenvalue weighted by Crippen LogP contribution is -2.48. The summed E-state index contributed by atoms with van der Waals surface area (Å²) >= 11 is 0. The van der Waals surface area contributed by atoms with Crippen molar-refractivity contribution >= 4 is 23.3 Å². The zero-order chi connectivity index (χ0) is 26.7. The molecule has 2 bridgehead atoms. The Labute approximate surface area is 216 Å². The second kappa shape index (κ2) is 8.86. The first-order valence-electron chi connectivity index (χ1n) is 12.4. The second-order valence-corrected chi connectivity index (χ2v) is 9.96. The van der Waals surface area contributed by atoms with Gasteiger partial charge in [-0.2, -0.15) is 9.61 Å². The van der Waals surface area contributed by atoms with Crippen molar-refractivity contribution in [2.75, 3.05) is 5.73 Å². The number of piperidine rings is 1. The Bertz CT molecular complexity index is 1590. The number of benzene rings is 1. The summed E-state index contributed by atoms with van der Waals surface area (Å²) in [6.45, 7) is 1.46. The van der Waals surface area contributed by atoms with E-state index in [1.165, 1.54) is 23.6 Å². The summed E-state index contributed by atoms with van der Waals surface area (Å²) in [5, 5.41) is 4.38. The number of primary amides is 1. The molecule has 38 heavy (non-hydrogen) atoms. The molecule has 4 aromatic rings. The molecule has 2 saturated heterocycles. The molecule has 3 atom stereocenters. The number of nitrogens with two attached hydrogens (primary N) is 2. The molecule has 1 unspecified atom stereocenters. The molecule has 4 N–H and O–H groups in total. The molecular weight excluding hydrogens is 492 g/mol. The van der Waals surface area contributed by atoms with Gasteiger partial charge in [0.1, 0.15) is 17.5 Å². The molecule has 2 aliphatic rings. The highest BCUT2D eigenvalue weighted by Gasteiger charge is 2.44. The predicted octanol–water partition coefficient (Wildman–Crippen LogP) is 4.31. The van der Waals surface area contributed by atoms with Crippen LogP contribution in [0.4, 0.5) is 19.4 Å². The van der Waals surface area contributed by atoms with Crippen molar-refractivity contribution in [1.82, 2.24) is 24.5 Å². The number of anilines is 1. The molecule has 3 aromatic heterocycles. The first kappa shape index (κ1) is 24.0. The minimum absolute atomic E-state index is 0.00305. The van der Waals surface area contributed by atoms with Gasteiger partial charge in [0.15, 0.2) is 11.4 Å². The third kappa shape index (κ3) is 3.77. The van der Waals surface area contributed by atoms with Crippen molar-refractivity contribution in [2.45, 2.75) is 50.6 Å². The molecule has 5 heterocycles. The number of ketones is 1. The molecule has 11 heteroatoms. The highest BCUT2D eigenvalue weighted by Crippen LogP contribution is 2.44. The van der Waals surface area contributed by atoms with Crippen molar-refractivity contribution in [3.8, 4) is 22.4 Å². The van der Waals surface area contributed by atoms with Crippen molar-refractivity contribution in [2.24, 2.45) is 5.73 Å². The van der Waals surface area contributed by atoms with E-state index in [-0.39, 0.29) is 35.2 Å². The Morgan fingerprint density at radius 2 is 1.76 bits per heavy atom. The number of Topliss-reactive ketones (excluding diaryl/α,β-unsaturated/α-hetero) is 1. The van der Waals surface area contributed by atoms with Crippen molar-refractivity contribution < 1.29 is 18.4 Å². The van der Waals surface area contributed by atoms with Gasteiger partial charge in [-0.25, -0.2) is 18.6 Å². The summed E-state index contributed by atoms with van der Waals surface area (Å²) in [5.74, 6) is -1.44. The number of carbonyl (C=O) groups excluding carboxylic acids is 2. The fourth-order valence-electron chi connectivity index (χ4n) is 6.06. The van der Waals surface area contributed by atoms with Gasteiger partial charge in [0.2, 0.25) is 0 Å². The monoisotopic (exact) mass is 517 g/mol. The van der Waals surface area contributed by atoms with Crippen LogP contribution in [-0.2, 0) is 0 Å². The van der Waals surface area contributed by atoms with E-state index in [4.69, 9.17) is 16.5 Å². The van der Waals surface area contributed by atoms with Crippen LogP contribution < -0.4 is 11.5 Å². The van der Waals surface area contributed by atoms with Gasteiger partial charge in [-0.3, -0.25) is 9.78 Å². The quantitative estimate of drug-likeness (QED) is 0.388. The zero-order valence-electron chi connectivity index (χ0n) is 20.6. The number of fused-ring (bicyclic) bond motifs is 3. The molecule has 2 aliphatic heterocycles. The van der Waals surface area contributed by atoms with Crippen LogP contribution in [0.3, 0.4) is 0 Å². The molecule has 2 fully saturated rings. The van der Waals surface area contributed by atoms with E-state index in [1.54, 1.807) is 29.4 Å². The third-order valence-electron chi connectivity index (χ3n) is 7.72. The minimum atomic E-state index is -0.701. The molecule has 1 aromatic carbocycles. The Morgan fingerprint density at radius 1 is 1.03 bits per heavy atom. The molecule has 0 saturated carbocycles. The van der Waals surface area contributed by atoms with E-state index in [0.717, 1.165) is 18.9 Å². The highest BCUT2D eigenvalue weighted by molar-refractivity contribution is 6.00. The first-order valence-corrected chi connectivity index (χ1v) is 12.4. The number of aromatic nitrogens is 4. The normalized spacial score (nSPS) is 20.7. The summed E-state index contributed by atoms with van der Waals surface area (Å²) in [6, 6.07) is 6.32. The summed E-state index contributed by atoms with van der Waals surface area (Å²) in [6.07, 6.45) is 6.18. The van der Waals surface area contributed by atoms with Gasteiger partial charge in [-0.05, 0) is 50.8 Å². The van der Waals surface area contributed by atoms with Crippen LogP contribution in [0.15, 0.2) is 42.7 Å². The number of nitrogen functional groups attached to an aromatic ring is 1. The van der Waals surface area contributed by atoms with Gasteiger partial charge in [-0.15, -0.1) is 0 Å². The van der Waals surface area contributed by atoms with E-state index in [2.05, 4.69) is 10.1 Å². The van der Waals surface area contributed by atoms with Gasteiger partial charge >= 0.3 is 6.03 Å². The topological polar surface area (TPSA) is 132 Å². The number of hydrogen-bond acceptors (Lipinski definition) is 6. The van der Waals surface area contributed by atoms with E-state index >= 15 is 0 Å². The number of urea groups is 1. The highest BCUT2D eigenvalue weighted by atomic mass is 19.1. The van der Waals surface area contributed by atoms with Gasteiger partial charge in [-0.1, -0.05) is 6.07 Å². The predicted molar refractivity (Wildman–Crippen MR) is 136 cm³/mol. The number of hydrogen-bond donors (Lipinski definition) is 2. The van der Waals surface area contributed by atoms with Crippen molar-refractivity contribution in [1.29, 1.82) is 0 Å². The van der Waals surface area contributed by atoms with E-state index in [1.807, 2.05) is 0 Å². The molecule has 0 spiro atoms. The molecule has 9 nitrogen and oxygen atoms in total. The fraction of sp³-hybridized carbons (Fsp3) is 0.296. The first-order chi connectivity index (χ1) is 18.2. The SMILES string of the molecule is CC(=O)c1c([C@H]2CC3CC[C@@H](C2)N3C(N)=O)nc2c(-c3ccc(-c4ccc(F)cc4F)nc3)cnn2c1N. The maximum Gasteiger partial charge on any atom is 0.315 e. The molecule has 2 amide bonds. The van der Waals surface area contributed by atoms with E-state index in [0.29, 0.717) is 46.6 Å². The molecule has 0 aliphatic carbocycles. The number of amides is 2.